The number of aromatic nitrogens is 3. The highest BCUT2D eigenvalue weighted by Crippen LogP contribution is 2.33. The van der Waals surface area contributed by atoms with Gasteiger partial charge in [-0.05, 0) is 55.5 Å². The van der Waals surface area contributed by atoms with Crippen LogP contribution in [-0.2, 0) is 17.9 Å². The van der Waals surface area contributed by atoms with Gasteiger partial charge < -0.3 is 9.47 Å². The standard InChI is InChI=1S/C24H28N4O/c1-18-8-7-11-20(14-18)28-24(26-12-5-6-13-26)21-16-27(17-22(21)25-28)23(29)15-19-9-3-2-4-10-19/h5-8,11-14,19H,2-4,9-10,15-17H2,1H3. The molecule has 0 bridgehead atoms. The van der Waals surface area contributed by atoms with E-state index in [1.165, 1.54) is 43.2 Å². The number of hydrogen-bond acceptors (Lipinski definition) is 2. The van der Waals surface area contributed by atoms with Crippen LogP contribution in [0.25, 0.3) is 11.5 Å². The molecule has 1 fully saturated rings. The van der Waals surface area contributed by atoms with Crippen molar-refractivity contribution < 1.29 is 4.79 Å². The van der Waals surface area contributed by atoms with Gasteiger partial charge in [-0.1, -0.05) is 31.4 Å². The Labute approximate surface area is 171 Å². The molecule has 0 atom stereocenters. The van der Waals surface area contributed by atoms with Crippen LogP contribution in [0, 0.1) is 12.8 Å². The van der Waals surface area contributed by atoms with E-state index >= 15 is 0 Å². The van der Waals surface area contributed by atoms with E-state index in [0.717, 1.165) is 17.2 Å². The van der Waals surface area contributed by atoms with Crippen LogP contribution in [0.3, 0.4) is 0 Å². The van der Waals surface area contributed by atoms with Gasteiger partial charge >= 0.3 is 0 Å². The molecule has 29 heavy (non-hydrogen) atoms. The Morgan fingerprint density at radius 3 is 2.62 bits per heavy atom. The summed E-state index contributed by atoms with van der Waals surface area (Å²) < 4.78 is 4.14. The number of carbonyl (C=O) groups excluding carboxylic acids is 1. The number of benzene rings is 1. The molecular formula is C24H28N4O. The Balaban J connectivity index is 1.44. The van der Waals surface area contributed by atoms with Gasteiger partial charge in [-0.25, -0.2) is 4.68 Å². The fourth-order valence-electron chi connectivity index (χ4n) is 4.83. The second-order valence-corrected chi connectivity index (χ2v) is 8.55. The van der Waals surface area contributed by atoms with Gasteiger partial charge in [0.1, 0.15) is 5.82 Å². The number of fused-ring (bicyclic) bond motifs is 1. The molecular weight excluding hydrogens is 360 g/mol. The molecule has 1 amide bonds. The Bertz CT molecular complexity index is 1010. The third-order valence-corrected chi connectivity index (χ3v) is 6.37. The summed E-state index contributed by atoms with van der Waals surface area (Å²) in [5, 5.41) is 4.94. The van der Waals surface area contributed by atoms with Crippen molar-refractivity contribution in [3.8, 4) is 11.5 Å². The summed E-state index contributed by atoms with van der Waals surface area (Å²) in [6, 6.07) is 12.5. The van der Waals surface area contributed by atoms with Gasteiger partial charge in [-0.3, -0.25) is 4.79 Å². The molecule has 3 heterocycles. The first-order valence-electron chi connectivity index (χ1n) is 10.8. The third-order valence-electron chi connectivity index (χ3n) is 6.37. The van der Waals surface area contributed by atoms with E-state index < -0.39 is 0 Å². The molecule has 3 aromatic rings. The zero-order chi connectivity index (χ0) is 19.8. The van der Waals surface area contributed by atoms with Gasteiger partial charge in [-0.15, -0.1) is 0 Å². The van der Waals surface area contributed by atoms with Gasteiger partial charge in [-0.2, -0.15) is 5.10 Å². The zero-order valence-electron chi connectivity index (χ0n) is 17.1. The average molecular weight is 389 g/mol. The average Bonchev–Trinajstić information content (AvgIpc) is 3.44. The van der Waals surface area contributed by atoms with Crippen molar-refractivity contribution in [2.75, 3.05) is 0 Å². The minimum absolute atomic E-state index is 0.287. The number of amides is 1. The van der Waals surface area contributed by atoms with Crippen molar-refractivity contribution in [3.05, 3.63) is 65.6 Å². The van der Waals surface area contributed by atoms with E-state index in [1.807, 2.05) is 21.7 Å². The molecule has 1 aliphatic heterocycles. The second kappa shape index (κ2) is 7.54. The Hall–Kier alpha value is -2.82. The van der Waals surface area contributed by atoms with Crippen molar-refractivity contribution >= 4 is 5.91 Å². The Morgan fingerprint density at radius 2 is 1.86 bits per heavy atom. The fraction of sp³-hybridized carbons (Fsp3) is 0.417. The zero-order valence-corrected chi connectivity index (χ0v) is 17.1. The summed E-state index contributed by atoms with van der Waals surface area (Å²) >= 11 is 0. The van der Waals surface area contributed by atoms with Crippen LogP contribution >= 0.6 is 0 Å². The summed E-state index contributed by atoms with van der Waals surface area (Å²) in [5.74, 6) is 1.90. The van der Waals surface area contributed by atoms with Crippen LogP contribution in [-0.4, -0.2) is 25.2 Å². The fourth-order valence-corrected chi connectivity index (χ4v) is 4.83. The molecule has 150 valence electrons. The minimum Gasteiger partial charge on any atom is -0.332 e. The molecule has 5 nitrogen and oxygen atoms in total. The molecule has 1 aromatic carbocycles. The predicted molar refractivity (Wildman–Crippen MR) is 113 cm³/mol. The maximum atomic E-state index is 13.0. The monoisotopic (exact) mass is 388 g/mol. The number of hydrogen-bond donors (Lipinski definition) is 0. The number of aryl methyl sites for hydroxylation is 1. The summed E-state index contributed by atoms with van der Waals surface area (Å²) in [6.45, 7) is 3.37. The first kappa shape index (κ1) is 18.2. The SMILES string of the molecule is Cc1cccc(-n2nc3c(c2-n2cccc2)CN(C(=O)CC2CCCCC2)C3)c1. The van der Waals surface area contributed by atoms with Crippen LogP contribution in [0.1, 0.15) is 55.3 Å². The maximum Gasteiger partial charge on any atom is 0.223 e. The largest absolute Gasteiger partial charge is 0.332 e. The summed E-state index contributed by atoms with van der Waals surface area (Å²) in [5.41, 5.74) is 4.45. The number of nitrogens with zero attached hydrogens (tertiary/aromatic N) is 4. The van der Waals surface area contributed by atoms with Crippen LogP contribution in [0.4, 0.5) is 0 Å². The molecule has 2 aromatic heterocycles. The highest BCUT2D eigenvalue weighted by atomic mass is 16.2. The smallest absolute Gasteiger partial charge is 0.223 e. The van der Waals surface area contributed by atoms with Crippen molar-refractivity contribution in [1.82, 2.24) is 19.2 Å². The molecule has 0 saturated heterocycles. The van der Waals surface area contributed by atoms with Gasteiger partial charge in [0.2, 0.25) is 5.91 Å². The van der Waals surface area contributed by atoms with Crippen molar-refractivity contribution in [2.24, 2.45) is 5.92 Å². The first-order valence-corrected chi connectivity index (χ1v) is 10.8. The lowest BCUT2D eigenvalue weighted by atomic mass is 9.87. The molecule has 5 heteroatoms. The quantitative estimate of drug-likeness (QED) is 0.645. The van der Waals surface area contributed by atoms with Gasteiger partial charge in [0.05, 0.1) is 24.5 Å². The topological polar surface area (TPSA) is 43.1 Å². The molecule has 1 aliphatic carbocycles. The molecule has 5 rings (SSSR count). The number of carbonyl (C=O) groups is 1. The number of rotatable bonds is 4. The predicted octanol–water partition coefficient (Wildman–Crippen LogP) is 4.78. The highest BCUT2D eigenvalue weighted by molar-refractivity contribution is 5.77. The van der Waals surface area contributed by atoms with Crippen LogP contribution in [0.15, 0.2) is 48.8 Å². The van der Waals surface area contributed by atoms with Gasteiger partial charge in [0, 0.05) is 24.4 Å². The Kier molecular flexibility index (Phi) is 4.74. The van der Waals surface area contributed by atoms with Gasteiger partial charge in [0.15, 0.2) is 0 Å². The summed E-state index contributed by atoms with van der Waals surface area (Å²) in [4.78, 5) is 15.0. The summed E-state index contributed by atoms with van der Waals surface area (Å²) in [6.07, 6.45) is 11.1. The van der Waals surface area contributed by atoms with E-state index in [-0.39, 0.29) is 5.91 Å². The van der Waals surface area contributed by atoms with Gasteiger partial charge in [0.25, 0.3) is 0 Å². The minimum atomic E-state index is 0.287. The van der Waals surface area contributed by atoms with Crippen LogP contribution in [0.5, 0.6) is 0 Å². The van der Waals surface area contributed by atoms with E-state index in [4.69, 9.17) is 5.10 Å². The molecule has 0 radical (unpaired) electrons. The van der Waals surface area contributed by atoms with Crippen molar-refractivity contribution in [2.45, 2.75) is 58.5 Å². The Morgan fingerprint density at radius 1 is 1.07 bits per heavy atom. The molecule has 0 spiro atoms. The second-order valence-electron chi connectivity index (χ2n) is 8.55. The van der Waals surface area contributed by atoms with E-state index in [1.54, 1.807) is 0 Å². The van der Waals surface area contributed by atoms with Crippen molar-refractivity contribution in [3.63, 3.8) is 0 Å². The first-order chi connectivity index (χ1) is 14.2. The maximum absolute atomic E-state index is 13.0. The van der Waals surface area contributed by atoms with E-state index in [2.05, 4.69) is 48.1 Å². The normalized spacial score (nSPS) is 16.9. The van der Waals surface area contributed by atoms with Crippen LogP contribution < -0.4 is 0 Å². The lowest BCUT2D eigenvalue weighted by molar-refractivity contribution is -0.133. The lowest BCUT2D eigenvalue weighted by Crippen LogP contribution is -2.28. The highest BCUT2D eigenvalue weighted by Gasteiger charge is 2.32. The van der Waals surface area contributed by atoms with E-state index in [0.29, 0.717) is 25.4 Å². The molecule has 1 saturated carbocycles. The molecule has 0 unspecified atom stereocenters. The lowest BCUT2D eigenvalue weighted by Gasteiger charge is -2.24. The van der Waals surface area contributed by atoms with Crippen LogP contribution in [0.2, 0.25) is 0 Å². The molecule has 2 aliphatic rings. The van der Waals surface area contributed by atoms with E-state index in [9.17, 15) is 4.79 Å². The summed E-state index contributed by atoms with van der Waals surface area (Å²) in [7, 11) is 0. The third kappa shape index (κ3) is 3.50. The van der Waals surface area contributed by atoms with Crippen molar-refractivity contribution in [1.29, 1.82) is 0 Å². The molecule has 0 N–H and O–H groups in total.